The van der Waals surface area contributed by atoms with Crippen molar-refractivity contribution in [2.24, 2.45) is 0 Å². The van der Waals surface area contributed by atoms with Gasteiger partial charge in [0.05, 0.1) is 11.9 Å². The summed E-state index contributed by atoms with van der Waals surface area (Å²) in [5, 5.41) is 0. The Balaban J connectivity index is 1.46. The molecule has 2 heterocycles. The standard InChI is InChI=1S/C22H29N3/c1-2-15-25(22-11-6-14-23-19-22)21-12-17-24(18-13-21)16-7-10-20-8-4-3-5-9-20/h2-6,8-9,11,14,19,21H,1,7,10,12-13,15-18H2. The van der Waals surface area contributed by atoms with E-state index in [1.807, 2.05) is 24.5 Å². The maximum atomic E-state index is 4.28. The molecule has 25 heavy (non-hydrogen) atoms. The van der Waals surface area contributed by atoms with Crippen LogP contribution in [0.3, 0.4) is 0 Å². The first kappa shape index (κ1) is 17.7. The number of piperidine rings is 1. The monoisotopic (exact) mass is 335 g/mol. The highest BCUT2D eigenvalue weighted by atomic mass is 15.2. The summed E-state index contributed by atoms with van der Waals surface area (Å²) >= 11 is 0. The molecule has 0 radical (unpaired) electrons. The second-order valence-corrected chi connectivity index (χ2v) is 6.81. The fraction of sp³-hybridized carbons (Fsp3) is 0.409. The average molecular weight is 335 g/mol. The van der Waals surface area contributed by atoms with Crippen LogP contribution < -0.4 is 4.90 Å². The molecule has 1 aliphatic rings. The minimum absolute atomic E-state index is 0.590. The molecule has 0 atom stereocenters. The molecule has 2 aromatic rings. The second kappa shape index (κ2) is 9.38. The Hall–Kier alpha value is -2.13. The Kier molecular flexibility index (Phi) is 6.63. The third-order valence-electron chi connectivity index (χ3n) is 5.08. The molecule has 1 saturated heterocycles. The van der Waals surface area contributed by atoms with Gasteiger partial charge in [-0.25, -0.2) is 0 Å². The van der Waals surface area contributed by atoms with Crippen molar-refractivity contribution in [3.63, 3.8) is 0 Å². The first-order chi connectivity index (χ1) is 12.4. The molecular formula is C22H29N3. The van der Waals surface area contributed by atoms with E-state index in [9.17, 15) is 0 Å². The largest absolute Gasteiger partial charge is 0.363 e. The van der Waals surface area contributed by atoms with Gasteiger partial charge in [0.2, 0.25) is 0 Å². The molecule has 0 spiro atoms. The van der Waals surface area contributed by atoms with E-state index in [1.165, 1.54) is 56.6 Å². The Bertz CT molecular complexity index is 618. The number of aryl methyl sites for hydroxylation is 1. The lowest BCUT2D eigenvalue weighted by Crippen LogP contribution is -2.45. The minimum Gasteiger partial charge on any atom is -0.363 e. The third-order valence-corrected chi connectivity index (χ3v) is 5.08. The molecule has 1 aliphatic heterocycles. The van der Waals surface area contributed by atoms with Gasteiger partial charge >= 0.3 is 0 Å². The lowest BCUT2D eigenvalue weighted by Gasteiger charge is -2.39. The molecule has 1 aromatic carbocycles. The van der Waals surface area contributed by atoms with Crippen LogP contribution in [-0.2, 0) is 6.42 Å². The van der Waals surface area contributed by atoms with Crippen LogP contribution >= 0.6 is 0 Å². The lowest BCUT2D eigenvalue weighted by molar-refractivity contribution is 0.208. The van der Waals surface area contributed by atoms with E-state index in [-0.39, 0.29) is 0 Å². The van der Waals surface area contributed by atoms with Crippen LogP contribution in [0.15, 0.2) is 67.5 Å². The smallest absolute Gasteiger partial charge is 0.0558 e. The predicted molar refractivity (Wildman–Crippen MR) is 106 cm³/mol. The summed E-state index contributed by atoms with van der Waals surface area (Å²) in [4.78, 5) is 9.36. The molecule has 0 amide bonds. The van der Waals surface area contributed by atoms with Crippen molar-refractivity contribution in [3.05, 3.63) is 73.1 Å². The van der Waals surface area contributed by atoms with Gasteiger partial charge in [0.1, 0.15) is 0 Å². The van der Waals surface area contributed by atoms with E-state index in [0.29, 0.717) is 6.04 Å². The summed E-state index contributed by atoms with van der Waals surface area (Å²) in [5.41, 5.74) is 2.66. The van der Waals surface area contributed by atoms with E-state index in [4.69, 9.17) is 0 Å². The molecule has 3 rings (SSSR count). The van der Waals surface area contributed by atoms with Gasteiger partial charge in [-0.15, -0.1) is 6.58 Å². The number of hydrogen-bond donors (Lipinski definition) is 0. The molecule has 1 aromatic heterocycles. The van der Waals surface area contributed by atoms with E-state index < -0.39 is 0 Å². The average Bonchev–Trinajstić information content (AvgIpc) is 2.68. The normalized spacial score (nSPS) is 15.8. The number of hydrogen-bond acceptors (Lipinski definition) is 3. The second-order valence-electron chi connectivity index (χ2n) is 6.81. The van der Waals surface area contributed by atoms with Gasteiger partial charge in [0.25, 0.3) is 0 Å². The third kappa shape index (κ3) is 5.17. The zero-order valence-corrected chi connectivity index (χ0v) is 15.1. The Morgan fingerprint density at radius 3 is 2.60 bits per heavy atom. The van der Waals surface area contributed by atoms with Crippen LogP contribution in [0.5, 0.6) is 0 Å². The summed E-state index contributed by atoms with van der Waals surface area (Å²) in [6.07, 6.45) is 10.7. The number of anilines is 1. The maximum absolute atomic E-state index is 4.28. The molecule has 0 N–H and O–H groups in total. The van der Waals surface area contributed by atoms with Crippen molar-refractivity contribution >= 4 is 5.69 Å². The van der Waals surface area contributed by atoms with Gasteiger partial charge < -0.3 is 9.80 Å². The Morgan fingerprint density at radius 2 is 1.92 bits per heavy atom. The van der Waals surface area contributed by atoms with Crippen LogP contribution in [0, 0.1) is 0 Å². The highest BCUT2D eigenvalue weighted by Gasteiger charge is 2.24. The molecule has 0 saturated carbocycles. The van der Waals surface area contributed by atoms with Crippen molar-refractivity contribution in [1.82, 2.24) is 9.88 Å². The maximum Gasteiger partial charge on any atom is 0.0558 e. The van der Waals surface area contributed by atoms with Crippen molar-refractivity contribution in [2.45, 2.75) is 31.7 Å². The van der Waals surface area contributed by atoms with Crippen molar-refractivity contribution < 1.29 is 0 Å². The summed E-state index contributed by atoms with van der Waals surface area (Å²) in [5.74, 6) is 0. The number of likely N-dealkylation sites (tertiary alicyclic amines) is 1. The van der Waals surface area contributed by atoms with Crippen molar-refractivity contribution in [3.8, 4) is 0 Å². The topological polar surface area (TPSA) is 19.4 Å². The lowest BCUT2D eigenvalue weighted by atomic mass is 10.0. The highest BCUT2D eigenvalue weighted by molar-refractivity contribution is 5.45. The molecular weight excluding hydrogens is 306 g/mol. The summed E-state index contributed by atoms with van der Waals surface area (Å²) < 4.78 is 0. The Labute approximate surface area is 152 Å². The van der Waals surface area contributed by atoms with E-state index in [2.05, 4.69) is 57.8 Å². The van der Waals surface area contributed by atoms with E-state index in [0.717, 1.165) is 6.54 Å². The van der Waals surface area contributed by atoms with E-state index >= 15 is 0 Å². The summed E-state index contributed by atoms with van der Waals surface area (Å²) in [7, 11) is 0. The quantitative estimate of drug-likeness (QED) is 0.675. The van der Waals surface area contributed by atoms with Gasteiger partial charge in [0, 0.05) is 31.9 Å². The van der Waals surface area contributed by atoms with Crippen LogP contribution in [-0.4, -0.2) is 42.1 Å². The van der Waals surface area contributed by atoms with Gasteiger partial charge in [-0.3, -0.25) is 4.98 Å². The zero-order chi connectivity index (χ0) is 17.3. The number of pyridine rings is 1. The highest BCUT2D eigenvalue weighted by Crippen LogP contribution is 2.23. The molecule has 0 unspecified atom stereocenters. The molecule has 0 bridgehead atoms. The van der Waals surface area contributed by atoms with Crippen LogP contribution in [0.4, 0.5) is 5.69 Å². The molecule has 3 nitrogen and oxygen atoms in total. The first-order valence-corrected chi connectivity index (χ1v) is 9.40. The SMILES string of the molecule is C=CCN(c1cccnc1)C1CCN(CCCc2ccccc2)CC1. The zero-order valence-electron chi connectivity index (χ0n) is 15.1. The van der Waals surface area contributed by atoms with Crippen LogP contribution in [0.25, 0.3) is 0 Å². The van der Waals surface area contributed by atoms with Gasteiger partial charge in [-0.05, 0) is 49.9 Å². The van der Waals surface area contributed by atoms with Gasteiger partial charge in [-0.1, -0.05) is 36.4 Å². The van der Waals surface area contributed by atoms with Gasteiger partial charge in [-0.2, -0.15) is 0 Å². The number of aromatic nitrogens is 1. The molecule has 3 heteroatoms. The molecule has 0 aliphatic carbocycles. The summed E-state index contributed by atoms with van der Waals surface area (Å²) in [6.45, 7) is 8.41. The Morgan fingerprint density at radius 1 is 1.12 bits per heavy atom. The van der Waals surface area contributed by atoms with Gasteiger partial charge in [0.15, 0.2) is 0 Å². The molecule has 132 valence electrons. The summed E-state index contributed by atoms with van der Waals surface area (Å²) in [6, 6.07) is 15.6. The first-order valence-electron chi connectivity index (χ1n) is 9.40. The number of nitrogens with zero attached hydrogens (tertiary/aromatic N) is 3. The van der Waals surface area contributed by atoms with E-state index in [1.54, 1.807) is 0 Å². The van der Waals surface area contributed by atoms with Crippen LogP contribution in [0.1, 0.15) is 24.8 Å². The molecule has 1 fully saturated rings. The van der Waals surface area contributed by atoms with Crippen LogP contribution in [0.2, 0.25) is 0 Å². The minimum atomic E-state index is 0.590. The van der Waals surface area contributed by atoms with Crippen molar-refractivity contribution in [1.29, 1.82) is 0 Å². The fourth-order valence-corrected chi connectivity index (χ4v) is 3.73. The number of benzene rings is 1. The number of rotatable bonds is 8. The predicted octanol–water partition coefficient (Wildman–Crippen LogP) is 4.17. The van der Waals surface area contributed by atoms with Crippen molar-refractivity contribution in [2.75, 3.05) is 31.1 Å². The fourth-order valence-electron chi connectivity index (χ4n) is 3.73.